The average molecular weight is 1280 g/mol. The summed E-state index contributed by atoms with van der Waals surface area (Å²) in [6.45, 7) is 13.8. The number of halogens is 3. The largest absolute Gasteiger partial charge is 0.206 e. The summed E-state index contributed by atoms with van der Waals surface area (Å²) in [5.41, 5.74) is 13.2. The molecule has 0 spiro atoms. The average Bonchev–Trinajstić information content (AvgIpc) is 0.920. The summed E-state index contributed by atoms with van der Waals surface area (Å²) < 4.78 is 45.2. The third-order valence-corrected chi connectivity index (χ3v) is 25.0. The van der Waals surface area contributed by atoms with Crippen LogP contribution < -0.4 is 0 Å². The fourth-order valence-electron chi connectivity index (χ4n) is 18.8. The van der Waals surface area contributed by atoms with E-state index in [1.54, 1.807) is 6.07 Å². The SMILES string of the molecule is CCCC1CCC(c2ccc(-c3ccc(C4CCC(C)CC4)cc3F)cc2)CC1.CCCCC1CCC(c2ccc(-c3ccc(C4CCC(CCC)CC4)cc3)c(F)c2)CC1.CCCCCC1CCC(c2ccc(-c3ccc(C4CCC(CCC)CC4)cc3)c(F)c2)CC1. The van der Waals surface area contributed by atoms with E-state index in [1.807, 2.05) is 30.3 Å². The predicted molar refractivity (Wildman–Crippen MR) is 398 cm³/mol. The number of unbranched alkanes of at least 4 members (excludes halogenated alkanes) is 3. The van der Waals surface area contributed by atoms with Crippen LogP contribution in [-0.2, 0) is 0 Å². The molecule has 6 aromatic rings. The third-order valence-electron chi connectivity index (χ3n) is 25.0. The lowest BCUT2D eigenvalue weighted by Gasteiger charge is -2.29. The molecule has 0 aliphatic heterocycles. The Bertz CT molecular complexity index is 3100. The second-order valence-corrected chi connectivity index (χ2v) is 31.6. The summed E-state index contributed by atoms with van der Waals surface area (Å²) in [4.78, 5) is 0. The van der Waals surface area contributed by atoms with Gasteiger partial charge in [0.2, 0.25) is 0 Å². The zero-order chi connectivity index (χ0) is 65.6. The summed E-state index contributed by atoms with van der Waals surface area (Å²) >= 11 is 0. The molecular weight excluding hydrogens is 1150 g/mol. The van der Waals surface area contributed by atoms with Crippen LogP contribution in [0.1, 0.15) is 348 Å². The highest BCUT2D eigenvalue weighted by molar-refractivity contribution is 5.67. The molecule has 94 heavy (non-hydrogen) atoms. The zero-order valence-corrected chi connectivity index (χ0v) is 59.8. The Balaban J connectivity index is 0.000000154. The van der Waals surface area contributed by atoms with Gasteiger partial charge >= 0.3 is 0 Å². The van der Waals surface area contributed by atoms with Crippen LogP contribution in [0.15, 0.2) is 127 Å². The molecule has 0 nitrogen and oxygen atoms in total. The van der Waals surface area contributed by atoms with Gasteiger partial charge in [-0.2, -0.15) is 0 Å². The van der Waals surface area contributed by atoms with Crippen LogP contribution >= 0.6 is 0 Å². The molecule has 0 atom stereocenters. The van der Waals surface area contributed by atoms with Gasteiger partial charge in [0.25, 0.3) is 0 Å². The fourth-order valence-corrected chi connectivity index (χ4v) is 18.8. The first kappa shape index (κ1) is 71.9. The fraction of sp³-hybridized carbons (Fsp3) is 0.604. The second kappa shape index (κ2) is 37.2. The molecule has 0 unspecified atom stereocenters. The van der Waals surface area contributed by atoms with Gasteiger partial charge < -0.3 is 0 Å². The second-order valence-electron chi connectivity index (χ2n) is 31.6. The van der Waals surface area contributed by atoms with Gasteiger partial charge in [0, 0.05) is 16.7 Å². The van der Waals surface area contributed by atoms with Gasteiger partial charge in [0.1, 0.15) is 17.5 Å². The molecule has 6 saturated carbocycles. The Labute approximate surface area is 571 Å². The van der Waals surface area contributed by atoms with Crippen LogP contribution in [0.25, 0.3) is 33.4 Å². The first-order valence-corrected chi connectivity index (χ1v) is 39.7. The van der Waals surface area contributed by atoms with Gasteiger partial charge in [-0.15, -0.1) is 0 Å². The van der Waals surface area contributed by atoms with Crippen molar-refractivity contribution in [3.8, 4) is 33.4 Å². The highest BCUT2D eigenvalue weighted by Crippen LogP contribution is 2.45. The number of benzene rings is 6. The molecular formula is C91H125F3. The lowest BCUT2D eigenvalue weighted by Crippen LogP contribution is -2.13. The van der Waals surface area contributed by atoms with Crippen molar-refractivity contribution in [2.75, 3.05) is 0 Å². The maximum Gasteiger partial charge on any atom is 0.131 e. The molecule has 510 valence electrons. The third kappa shape index (κ3) is 20.4. The quantitative estimate of drug-likeness (QED) is 0.0594. The van der Waals surface area contributed by atoms with E-state index in [-0.39, 0.29) is 17.5 Å². The Morgan fingerprint density at radius 1 is 0.245 bits per heavy atom. The smallest absolute Gasteiger partial charge is 0.131 e. The molecule has 0 amide bonds. The van der Waals surface area contributed by atoms with Gasteiger partial charge in [0.15, 0.2) is 0 Å². The number of hydrogen-bond acceptors (Lipinski definition) is 0. The number of hydrogen-bond donors (Lipinski definition) is 0. The Kier molecular flexibility index (Phi) is 28.4. The van der Waals surface area contributed by atoms with Crippen molar-refractivity contribution < 1.29 is 13.2 Å². The topological polar surface area (TPSA) is 0 Å². The van der Waals surface area contributed by atoms with Crippen LogP contribution in [0.4, 0.5) is 13.2 Å². The van der Waals surface area contributed by atoms with Crippen molar-refractivity contribution in [3.05, 3.63) is 178 Å². The first-order chi connectivity index (χ1) is 46.0. The summed E-state index contributed by atoms with van der Waals surface area (Å²) in [5.74, 6) is 8.99. The molecule has 0 heterocycles. The maximum atomic E-state index is 15.1. The minimum atomic E-state index is -0.0612. The monoisotopic (exact) mass is 1270 g/mol. The standard InChI is InChI=1S/C32H45F.C31H43F.C28H37F/c1-3-5-6-8-25-11-15-28(16-12-25)30-21-22-31(32(33)23-30)29-19-17-27(18-20-29)26-13-9-24(7-4-2)10-14-26;1-3-5-7-24-10-14-27(15-11-24)29-20-21-30(31(32)22-29)28-18-16-26(17-19-28)25-12-8-23(6-4-2)9-13-25;1-3-4-21-7-11-22(12-8-21)23-13-15-25(16-14-23)27-18-17-26(19-28(27)29)24-9-5-20(2)6-10-24/h17-26,28H,3-16H2,1-2H3;16-25,27H,3-15H2,1-2H3;13-22,24H,3-12H2,1-2H3. The minimum absolute atomic E-state index is 0.0506. The summed E-state index contributed by atoms with van der Waals surface area (Å²) in [6.07, 6.45) is 48.8. The summed E-state index contributed by atoms with van der Waals surface area (Å²) in [6, 6.07) is 44.5. The van der Waals surface area contributed by atoms with Crippen LogP contribution in [-0.4, -0.2) is 0 Å². The molecule has 0 bridgehead atoms. The van der Waals surface area contributed by atoms with Gasteiger partial charge in [-0.3, -0.25) is 0 Å². The lowest BCUT2D eigenvalue weighted by molar-refractivity contribution is 0.302. The van der Waals surface area contributed by atoms with E-state index in [0.29, 0.717) is 35.5 Å². The van der Waals surface area contributed by atoms with Crippen molar-refractivity contribution in [1.29, 1.82) is 0 Å². The van der Waals surface area contributed by atoms with Crippen LogP contribution in [0.5, 0.6) is 0 Å². The van der Waals surface area contributed by atoms with E-state index < -0.39 is 0 Å². The van der Waals surface area contributed by atoms with Crippen molar-refractivity contribution in [2.24, 2.45) is 35.5 Å². The molecule has 3 heteroatoms. The molecule has 0 saturated heterocycles. The van der Waals surface area contributed by atoms with Gasteiger partial charge in [-0.05, 0) is 281 Å². The van der Waals surface area contributed by atoms with E-state index in [9.17, 15) is 4.39 Å². The molecule has 0 radical (unpaired) electrons. The van der Waals surface area contributed by atoms with E-state index in [2.05, 4.69) is 133 Å². The molecule has 0 N–H and O–H groups in total. The Morgan fingerprint density at radius 3 is 0.734 bits per heavy atom. The molecule has 12 rings (SSSR count). The van der Waals surface area contributed by atoms with Crippen LogP contribution in [0, 0.1) is 53.0 Å². The first-order valence-electron chi connectivity index (χ1n) is 39.7. The summed E-state index contributed by atoms with van der Waals surface area (Å²) in [5, 5.41) is 0. The van der Waals surface area contributed by atoms with Crippen LogP contribution in [0.3, 0.4) is 0 Å². The molecule has 6 aromatic carbocycles. The lowest BCUT2D eigenvalue weighted by atomic mass is 9.76. The van der Waals surface area contributed by atoms with Crippen LogP contribution in [0.2, 0.25) is 0 Å². The van der Waals surface area contributed by atoms with Gasteiger partial charge in [-0.1, -0.05) is 247 Å². The Morgan fingerprint density at radius 2 is 0.479 bits per heavy atom. The van der Waals surface area contributed by atoms with E-state index in [1.165, 1.54) is 271 Å². The summed E-state index contributed by atoms with van der Waals surface area (Å²) in [7, 11) is 0. The number of rotatable bonds is 22. The maximum absolute atomic E-state index is 15.1. The van der Waals surface area contributed by atoms with Crippen molar-refractivity contribution in [2.45, 2.75) is 315 Å². The van der Waals surface area contributed by atoms with Gasteiger partial charge in [-0.25, -0.2) is 13.2 Å². The van der Waals surface area contributed by atoms with Crippen molar-refractivity contribution in [1.82, 2.24) is 0 Å². The molecule has 6 aliphatic rings. The minimum Gasteiger partial charge on any atom is -0.206 e. The zero-order valence-electron chi connectivity index (χ0n) is 59.8. The van der Waals surface area contributed by atoms with Gasteiger partial charge in [0.05, 0.1) is 0 Å². The predicted octanol–water partition coefficient (Wildman–Crippen LogP) is 29.3. The van der Waals surface area contributed by atoms with Crippen molar-refractivity contribution in [3.63, 3.8) is 0 Å². The normalized spacial score (nSPS) is 26.5. The van der Waals surface area contributed by atoms with E-state index in [4.69, 9.17) is 0 Å². The molecule has 6 fully saturated rings. The van der Waals surface area contributed by atoms with E-state index in [0.717, 1.165) is 68.9 Å². The molecule has 6 aliphatic carbocycles. The van der Waals surface area contributed by atoms with Crippen molar-refractivity contribution >= 4 is 0 Å². The van der Waals surface area contributed by atoms with E-state index >= 15 is 8.78 Å². The molecule has 0 aromatic heterocycles. The Hall–Kier alpha value is -4.89. The highest BCUT2D eigenvalue weighted by atomic mass is 19.1. The highest BCUT2D eigenvalue weighted by Gasteiger charge is 2.29.